The van der Waals surface area contributed by atoms with Gasteiger partial charge in [0.1, 0.15) is 0 Å². The van der Waals surface area contributed by atoms with E-state index in [2.05, 4.69) is 27.7 Å². The summed E-state index contributed by atoms with van der Waals surface area (Å²) in [5.74, 6) is 6.34. The van der Waals surface area contributed by atoms with Crippen molar-refractivity contribution in [2.24, 2.45) is 46.3 Å². The smallest absolute Gasteiger partial charge is 0.0266 e. The Balaban J connectivity index is 1.59. The maximum absolute atomic E-state index is 2.72. The Kier molecular flexibility index (Phi) is 3.70. The normalized spacial score (nSPS) is 57.8. The molecule has 4 rings (SSSR count). The highest BCUT2D eigenvalue weighted by molar-refractivity contribution is 5.08. The summed E-state index contributed by atoms with van der Waals surface area (Å²) in [6, 6.07) is 0. The summed E-state index contributed by atoms with van der Waals surface area (Å²) in [6.07, 6.45) is 15.4. The highest BCUT2D eigenvalue weighted by atomic mass is 14.6. The second kappa shape index (κ2) is 5.25. The summed E-state index contributed by atoms with van der Waals surface area (Å²) in [7, 11) is 0. The predicted octanol–water partition coefficient (Wildman–Crippen LogP) is 6.69. The average molecular weight is 303 g/mol. The van der Waals surface area contributed by atoms with E-state index in [1.807, 2.05) is 0 Å². The van der Waals surface area contributed by atoms with E-state index in [9.17, 15) is 0 Å². The van der Waals surface area contributed by atoms with Crippen molar-refractivity contribution in [1.29, 1.82) is 0 Å². The van der Waals surface area contributed by atoms with Crippen molar-refractivity contribution in [2.75, 3.05) is 0 Å². The van der Waals surface area contributed by atoms with E-state index in [0.29, 0.717) is 10.8 Å². The molecule has 4 saturated carbocycles. The average Bonchev–Trinajstić information content (AvgIpc) is 2.82. The van der Waals surface area contributed by atoms with Crippen LogP contribution in [0.1, 0.15) is 91.9 Å². The Morgan fingerprint density at radius 1 is 0.818 bits per heavy atom. The van der Waals surface area contributed by atoms with Crippen LogP contribution in [0.5, 0.6) is 0 Å². The van der Waals surface area contributed by atoms with Gasteiger partial charge in [0.25, 0.3) is 0 Å². The van der Waals surface area contributed by atoms with Gasteiger partial charge in [0.15, 0.2) is 0 Å². The van der Waals surface area contributed by atoms with E-state index in [1.54, 1.807) is 44.9 Å². The standard InChI is InChI=1S/C22H38/c1-5-16-10-12-22(4)17(14-16)7-8-18-19-9-6-15(2)21(19,3)13-11-20(18)22/h15-20H,5-14H2,1-4H3/t15?,16?,17?,18?,19-,20?,21?,22?/m0/s1. The molecule has 0 aromatic carbocycles. The minimum atomic E-state index is 0.699. The molecule has 0 saturated heterocycles. The Morgan fingerprint density at radius 2 is 1.55 bits per heavy atom. The zero-order chi connectivity index (χ0) is 15.5. The summed E-state index contributed by atoms with van der Waals surface area (Å²) in [4.78, 5) is 0. The van der Waals surface area contributed by atoms with Gasteiger partial charge in [0.2, 0.25) is 0 Å². The first-order chi connectivity index (χ1) is 10.5. The molecule has 0 N–H and O–H groups in total. The second-order valence-corrected chi connectivity index (χ2v) is 10.2. The van der Waals surface area contributed by atoms with Crippen molar-refractivity contribution < 1.29 is 0 Å². The first-order valence-corrected chi connectivity index (χ1v) is 10.5. The minimum absolute atomic E-state index is 0.699. The first-order valence-electron chi connectivity index (χ1n) is 10.5. The summed E-state index contributed by atoms with van der Waals surface area (Å²) in [5.41, 5.74) is 1.41. The van der Waals surface area contributed by atoms with Gasteiger partial charge in [0, 0.05) is 0 Å². The van der Waals surface area contributed by atoms with Crippen LogP contribution in [0.25, 0.3) is 0 Å². The highest BCUT2D eigenvalue weighted by Crippen LogP contribution is 2.67. The van der Waals surface area contributed by atoms with Crippen LogP contribution in [0.2, 0.25) is 0 Å². The van der Waals surface area contributed by atoms with Crippen molar-refractivity contribution in [3.8, 4) is 0 Å². The van der Waals surface area contributed by atoms with Crippen molar-refractivity contribution in [1.82, 2.24) is 0 Å². The lowest BCUT2D eigenvalue weighted by Crippen LogP contribution is -2.53. The number of hydrogen-bond donors (Lipinski definition) is 0. The molecular weight excluding hydrogens is 264 g/mol. The summed E-state index contributed by atoms with van der Waals surface area (Å²) >= 11 is 0. The lowest BCUT2D eigenvalue weighted by molar-refractivity contribution is -0.117. The largest absolute Gasteiger partial charge is 0.0651 e. The molecular formula is C22H38. The van der Waals surface area contributed by atoms with E-state index in [-0.39, 0.29) is 0 Å². The molecule has 4 fully saturated rings. The maximum Gasteiger partial charge on any atom is -0.0266 e. The monoisotopic (exact) mass is 302 g/mol. The molecule has 0 nitrogen and oxygen atoms in total. The second-order valence-electron chi connectivity index (χ2n) is 10.2. The van der Waals surface area contributed by atoms with Gasteiger partial charge < -0.3 is 0 Å². The van der Waals surface area contributed by atoms with Crippen molar-refractivity contribution >= 4 is 0 Å². The van der Waals surface area contributed by atoms with Crippen LogP contribution in [0.15, 0.2) is 0 Å². The summed E-state index contributed by atoms with van der Waals surface area (Å²) < 4.78 is 0. The quantitative estimate of drug-likeness (QED) is 0.506. The molecule has 0 spiro atoms. The van der Waals surface area contributed by atoms with Gasteiger partial charge in [-0.25, -0.2) is 0 Å². The van der Waals surface area contributed by atoms with Gasteiger partial charge in [-0.1, -0.05) is 34.1 Å². The van der Waals surface area contributed by atoms with Gasteiger partial charge in [0.05, 0.1) is 0 Å². The zero-order valence-electron chi connectivity index (χ0n) is 15.5. The maximum atomic E-state index is 2.72. The molecule has 0 amide bonds. The fraction of sp³-hybridized carbons (Fsp3) is 1.00. The van der Waals surface area contributed by atoms with Crippen LogP contribution in [0.4, 0.5) is 0 Å². The van der Waals surface area contributed by atoms with Crippen LogP contribution >= 0.6 is 0 Å². The molecule has 0 radical (unpaired) electrons. The highest BCUT2D eigenvalue weighted by Gasteiger charge is 2.59. The van der Waals surface area contributed by atoms with Crippen LogP contribution in [0, 0.1) is 46.3 Å². The lowest BCUT2D eigenvalue weighted by Gasteiger charge is -2.61. The Bertz CT molecular complexity index is 426. The van der Waals surface area contributed by atoms with E-state index < -0.39 is 0 Å². The minimum Gasteiger partial charge on any atom is -0.0651 e. The van der Waals surface area contributed by atoms with Crippen LogP contribution in [0.3, 0.4) is 0 Å². The van der Waals surface area contributed by atoms with Crippen molar-refractivity contribution in [3.63, 3.8) is 0 Å². The molecule has 0 heteroatoms. The molecule has 7 unspecified atom stereocenters. The van der Waals surface area contributed by atoms with Crippen LogP contribution in [-0.4, -0.2) is 0 Å². The molecule has 0 aromatic heterocycles. The number of fused-ring (bicyclic) bond motifs is 5. The summed E-state index contributed by atoms with van der Waals surface area (Å²) in [5, 5.41) is 0. The molecule has 22 heavy (non-hydrogen) atoms. The first kappa shape index (κ1) is 15.5. The van der Waals surface area contributed by atoms with E-state index >= 15 is 0 Å². The fourth-order valence-electron chi connectivity index (χ4n) is 7.98. The lowest BCUT2D eigenvalue weighted by atomic mass is 9.44. The van der Waals surface area contributed by atoms with Gasteiger partial charge in [-0.15, -0.1) is 0 Å². The third-order valence-corrected chi connectivity index (χ3v) is 9.83. The van der Waals surface area contributed by atoms with Crippen molar-refractivity contribution in [3.05, 3.63) is 0 Å². The molecule has 0 aliphatic heterocycles. The van der Waals surface area contributed by atoms with E-state index in [1.165, 1.54) is 19.3 Å². The van der Waals surface area contributed by atoms with Gasteiger partial charge in [-0.05, 0) is 104 Å². The van der Waals surface area contributed by atoms with E-state index in [4.69, 9.17) is 0 Å². The Labute approximate surface area is 138 Å². The zero-order valence-corrected chi connectivity index (χ0v) is 15.5. The SMILES string of the molecule is CCC1CCC2(C)C(CCC3C2CCC2(C)C(C)CC[C@@H]32)C1. The van der Waals surface area contributed by atoms with Crippen LogP contribution < -0.4 is 0 Å². The molecule has 126 valence electrons. The summed E-state index contributed by atoms with van der Waals surface area (Å²) in [6.45, 7) is 10.4. The topological polar surface area (TPSA) is 0 Å². The molecule has 0 bridgehead atoms. The molecule has 0 heterocycles. The van der Waals surface area contributed by atoms with Crippen LogP contribution in [-0.2, 0) is 0 Å². The Hall–Kier alpha value is 0. The molecule has 4 aliphatic carbocycles. The number of hydrogen-bond acceptors (Lipinski definition) is 0. The molecule has 8 atom stereocenters. The third kappa shape index (κ3) is 2.01. The molecule has 4 aliphatic rings. The Morgan fingerprint density at radius 3 is 2.32 bits per heavy atom. The number of rotatable bonds is 1. The molecule has 0 aromatic rings. The fourth-order valence-corrected chi connectivity index (χ4v) is 7.98. The van der Waals surface area contributed by atoms with E-state index in [0.717, 1.165) is 35.5 Å². The van der Waals surface area contributed by atoms with Gasteiger partial charge in [-0.2, -0.15) is 0 Å². The predicted molar refractivity (Wildman–Crippen MR) is 94.7 cm³/mol. The third-order valence-electron chi connectivity index (χ3n) is 9.83. The van der Waals surface area contributed by atoms with Gasteiger partial charge in [-0.3, -0.25) is 0 Å². The van der Waals surface area contributed by atoms with Gasteiger partial charge >= 0.3 is 0 Å². The van der Waals surface area contributed by atoms with Crippen molar-refractivity contribution in [2.45, 2.75) is 91.9 Å².